The van der Waals surface area contributed by atoms with Crippen LogP contribution in [0.25, 0.3) is 0 Å². The van der Waals surface area contributed by atoms with Gasteiger partial charge in [0.2, 0.25) is 0 Å². The molecule has 1 aliphatic heterocycles. The molecule has 0 bridgehead atoms. The molecular formula is C20H21FN2O2. The van der Waals surface area contributed by atoms with Gasteiger partial charge in [0.15, 0.2) is 5.78 Å². The van der Waals surface area contributed by atoms with Crippen molar-refractivity contribution in [3.8, 4) is 0 Å². The quantitative estimate of drug-likeness (QED) is 0.868. The Balaban J connectivity index is 1.72. The number of anilines is 1. The number of piperidine rings is 1. The first-order valence-electron chi connectivity index (χ1n) is 8.41. The van der Waals surface area contributed by atoms with Crippen molar-refractivity contribution in [1.29, 1.82) is 0 Å². The largest absolute Gasteiger partial charge is 0.371 e. The average Bonchev–Trinajstić information content (AvgIpc) is 2.61. The van der Waals surface area contributed by atoms with Crippen molar-refractivity contribution < 1.29 is 14.0 Å². The van der Waals surface area contributed by atoms with Crippen LogP contribution in [0.4, 0.5) is 10.1 Å². The van der Waals surface area contributed by atoms with E-state index >= 15 is 0 Å². The third-order valence-corrected chi connectivity index (χ3v) is 4.78. The maximum atomic E-state index is 13.9. The van der Waals surface area contributed by atoms with Crippen LogP contribution < -0.4 is 10.6 Å². The summed E-state index contributed by atoms with van der Waals surface area (Å²) in [4.78, 5) is 26.1. The summed E-state index contributed by atoms with van der Waals surface area (Å²) in [5.41, 5.74) is 7.61. The number of carbonyl (C=O) groups is 2. The second kappa shape index (κ2) is 7.05. The maximum Gasteiger partial charge on any atom is 0.253 e. The van der Waals surface area contributed by atoms with Gasteiger partial charge in [-0.25, -0.2) is 4.39 Å². The lowest BCUT2D eigenvalue weighted by Crippen LogP contribution is -2.37. The Morgan fingerprint density at radius 3 is 2.32 bits per heavy atom. The van der Waals surface area contributed by atoms with Gasteiger partial charge in [-0.15, -0.1) is 0 Å². The highest BCUT2D eigenvalue weighted by molar-refractivity contribution is 5.99. The van der Waals surface area contributed by atoms with Crippen LogP contribution in [0, 0.1) is 18.7 Å². The summed E-state index contributed by atoms with van der Waals surface area (Å²) in [6.45, 7) is 3.17. The van der Waals surface area contributed by atoms with Gasteiger partial charge in [-0.3, -0.25) is 9.59 Å². The fourth-order valence-electron chi connectivity index (χ4n) is 3.36. The number of carbonyl (C=O) groups excluding carboxylic acids is 2. The Kier molecular flexibility index (Phi) is 4.83. The minimum atomic E-state index is -0.772. The van der Waals surface area contributed by atoms with Crippen molar-refractivity contribution in [3.63, 3.8) is 0 Å². The number of aryl methyl sites for hydroxylation is 1. The number of rotatable bonds is 4. The molecule has 1 amide bonds. The highest BCUT2D eigenvalue weighted by atomic mass is 19.1. The van der Waals surface area contributed by atoms with Crippen molar-refractivity contribution in [2.45, 2.75) is 19.8 Å². The summed E-state index contributed by atoms with van der Waals surface area (Å²) in [7, 11) is 0. The molecule has 2 aromatic rings. The predicted octanol–water partition coefficient (Wildman–Crippen LogP) is 3.33. The van der Waals surface area contributed by atoms with Crippen molar-refractivity contribution in [3.05, 3.63) is 65.0 Å². The SMILES string of the molecule is Cc1ccc(C(=O)C2CCN(c3cccc(F)c3C(N)=O)CC2)cc1. The topological polar surface area (TPSA) is 63.4 Å². The molecule has 0 spiro atoms. The van der Waals surface area contributed by atoms with Crippen LogP contribution in [0.5, 0.6) is 0 Å². The molecule has 1 fully saturated rings. The first-order chi connectivity index (χ1) is 12.0. The van der Waals surface area contributed by atoms with E-state index in [9.17, 15) is 14.0 Å². The second-order valence-corrected chi connectivity index (χ2v) is 6.49. The average molecular weight is 340 g/mol. The minimum absolute atomic E-state index is 0.0513. The molecule has 0 aromatic heterocycles. The van der Waals surface area contributed by atoms with Gasteiger partial charge < -0.3 is 10.6 Å². The molecule has 0 aliphatic carbocycles. The fraction of sp³-hybridized carbons (Fsp3) is 0.300. The standard InChI is InChI=1S/C20H21FN2O2/c1-13-5-7-14(8-6-13)19(24)15-9-11-23(12-10-15)17-4-2-3-16(21)18(17)20(22)25/h2-8,15H,9-12H2,1H3,(H2,22,25). The second-order valence-electron chi connectivity index (χ2n) is 6.49. The van der Waals surface area contributed by atoms with Gasteiger partial charge >= 0.3 is 0 Å². The summed E-state index contributed by atoms with van der Waals surface area (Å²) in [6.07, 6.45) is 1.34. The summed E-state index contributed by atoms with van der Waals surface area (Å²) in [5, 5.41) is 0. The molecule has 5 heteroatoms. The van der Waals surface area contributed by atoms with E-state index < -0.39 is 11.7 Å². The first kappa shape index (κ1) is 17.1. The number of ketones is 1. The van der Waals surface area contributed by atoms with Crippen molar-refractivity contribution in [2.75, 3.05) is 18.0 Å². The van der Waals surface area contributed by atoms with Crippen molar-refractivity contribution in [1.82, 2.24) is 0 Å². The fourth-order valence-corrected chi connectivity index (χ4v) is 3.36. The van der Waals surface area contributed by atoms with E-state index in [1.165, 1.54) is 6.07 Å². The van der Waals surface area contributed by atoms with E-state index in [2.05, 4.69) is 0 Å². The summed E-state index contributed by atoms with van der Waals surface area (Å²) in [5.74, 6) is -1.28. The summed E-state index contributed by atoms with van der Waals surface area (Å²) < 4.78 is 13.9. The van der Waals surface area contributed by atoms with Gasteiger partial charge in [-0.1, -0.05) is 35.9 Å². The molecule has 130 valence electrons. The highest BCUT2D eigenvalue weighted by Crippen LogP contribution is 2.29. The predicted molar refractivity (Wildman–Crippen MR) is 95.4 cm³/mol. The van der Waals surface area contributed by atoms with Gasteiger partial charge in [0.1, 0.15) is 5.82 Å². The molecule has 0 unspecified atom stereocenters. The smallest absolute Gasteiger partial charge is 0.253 e. The molecule has 25 heavy (non-hydrogen) atoms. The van der Waals surface area contributed by atoms with Crippen molar-refractivity contribution >= 4 is 17.4 Å². The highest BCUT2D eigenvalue weighted by Gasteiger charge is 2.28. The molecule has 0 saturated carbocycles. The zero-order valence-corrected chi connectivity index (χ0v) is 14.2. The molecule has 1 saturated heterocycles. The number of hydrogen-bond donors (Lipinski definition) is 1. The normalized spacial score (nSPS) is 15.2. The summed E-state index contributed by atoms with van der Waals surface area (Å²) >= 11 is 0. The molecule has 2 N–H and O–H groups in total. The zero-order valence-electron chi connectivity index (χ0n) is 14.2. The van der Waals surface area contributed by atoms with Crippen molar-refractivity contribution in [2.24, 2.45) is 11.7 Å². The first-order valence-corrected chi connectivity index (χ1v) is 8.41. The van der Waals surface area contributed by atoms with Crippen LogP contribution in [-0.4, -0.2) is 24.8 Å². The Labute approximate surface area is 146 Å². The Morgan fingerprint density at radius 2 is 1.72 bits per heavy atom. The van der Waals surface area contributed by atoms with Crippen LogP contribution >= 0.6 is 0 Å². The molecular weight excluding hydrogens is 319 g/mol. The number of nitrogens with two attached hydrogens (primary N) is 1. The summed E-state index contributed by atoms with van der Waals surface area (Å²) in [6, 6.07) is 12.1. The number of amides is 1. The van der Waals surface area contributed by atoms with E-state index in [0.29, 0.717) is 31.6 Å². The van der Waals surface area contributed by atoms with Gasteiger partial charge in [-0.05, 0) is 31.9 Å². The molecule has 2 aromatic carbocycles. The zero-order chi connectivity index (χ0) is 18.0. The molecule has 1 aliphatic rings. The van der Waals surface area contributed by atoms with Gasteiger partial charge in [0, 0.05) is 24.6 Å². The number of hydrogen-bond acceptors (Lipinski definition) is 3. The van der Waals surface area contributed by atoms with Gasteiger partial charge in [0.05, 0.1) is 11.3 Å². The number of benzene rings is 2. The van der Waals surface area contributed by atoms with Crippen LogP contribution in [0.3, 0.4) is 0 Å². The molecule has 1 heterocycles. The number of Topliss-reactive ketones (excluding diaryl/α,β-unsaturated/α-hetero) is 1. The molecule has 4 nitrogen and oxygen atoms in total. The lowest BCUT2D eigenvalue weighted by atomic mass is 9.88. The monoisotopic (exact) mass is 340 g/mol. The Bertz CT molecular complexity index is 794. The lowest BCUT2D eigenvalue weighted by molar-refractivity contribution is 0.0899. The van der Waals surface area contributed by atoms with Crippen LogP contribution in [0.15, 0.2) is 42.5 Å². The van der Waals surface area contributed by atoms with Crippen LogP contribution in [-0.2, 0) is 0 Å². The van der Waals surface area contributed by atoms with Crippen LogP contribution in [0.1, 0.15) is 39.1 Å². The van der Waals surface area contributed by atoms with E-state index in [1.807, 2.05) is 36.1 Å². The number of nitrogens with zero attached hydrogens (tertiary/aromatic N) is 1. The van der Waals surface area contributed by atoms with Gasteiger partial charge in [-0.2, -0.15) is 0 Å². The number of primary amides is 1. The third-order valence-electron chi connectivity index (χ3n) is 4.78. The van der Waals surface area contributed by atoms with E-state index in [-0.39, 0.29) is 17.3 Å². The van der Waals surface area contributed by atoms with Crippen LogP contribution in [0.2, 0.25) is 0 Å². The van der Waals surface area contributed by atoms with E-state index in [1.54, 1.807) is 12.1 Å². The Morgan fingerprint density at radius 1 is 1.08 bits per heavy atom. The Hall–Kier alpha value is -2.69. The van der Waals surface area contributed by atoms with E-state index in [0.717, 1.165) is 11.1 Å². The van der Waals surface area contributed by atoms with E-state index in [4.69, 9.17) is 5.73 Å². The third kappa shape index (κ3) is 3.55. The molecule has 3 rings (SSSR count). The minimum Gasteiger partial charge on any atom is -0.371 e. The number of halogens is 1. The maximum absolute atomic E-state index is 13.9. The molecule has 0 radical (unpaired) electrons. The lowest BCUT2D eigenvalue weighted by Gasteiger charge is -2.34. The van der Waals surface area contributed by atoms with Gasteiger partial charge in [0.25, 0.3) is 5.91 Å². The molecule has 0 atom stereocenters.